The van der Waals surface area contributed by atoms with Gasteiger partial charge in [-0.05, 0) is 45.2 Å². The van der Waals surface area contributed by atoms with Gasteiger partial charge in [-0.1, -0.05) is 6.07 Å². The number of carbonyl (C=O) groups excluding carboxylic acids is 2. The third-order valence-electron chi connectivity index (χ3n) is 3.63. The molecule has 1 aromatic heterocycles. The molecule has 0 aliphatic carbocycles. The molecule has 2 rings (SSSR count). The standard InChI is InChI=1S/C17H24N2O3/c1-17(2,3)22-16(21)19-9-5-7-14(12-19)15(20)10-13-6-4-8-18-11-13/h4,6,8,11,14H,5,7,9-10,12H2,1-3H3. The molecule has 5 nitrogen and oxygen atoms in total. The minimum Gasteiger partial charge on any atom is -0.444 e. The van der Waals surface area contributed by atoms with Crippen LogP contribution in [-0.4, -0.2) is 40.5 Å². The fraction of sp³-hybridized carbons (Fsp3) is 0.588. The number of likely N-dealkylation sites (tertiary alicyclic amines) is 1. The molecule has 0 spiro atoms. The van der Waals surface area contributed by atoms with E-state index in [0.29, 0.717) is 19.5 Å². The van der Waals surface area contributed by atoms with Gasteiger partial charge in [0.1, 0.15) is 11.4 Å². The van der Waals surface area contributed by atoms with Crippen molar-refractivity contribution >= 4 is 11.9 Å². The number of rotatable bonds is 3. The van der Waals surface area contributed by atoms with Gasteiger partial charge in [-0.2, -0.15) is 0 Å². The van der Waals surface area contributed by atoms with E-state index in [4.69, 9.17) is 4.74 Å². The molecule has 1 aliphatic rings. The fourth-order valence-electron chi connectivity index (χ4n) is 2.58. The zero-order chi connectivity index (χ0) is 16.2. The topological polar surface area (TPSA) is 59.5 Å². The van der Waals surface area contributed by atoms with Gasteiger partial charge >= 0.3 is 6.09 Å². The van der Waals surface area contributed by atoms with E-state index in [1.807, 2.05) is 32.9 Å². The summed E-state index contributed by atoms with van der Waals surface area (Å²) >= 11 is 0. The molecule has 0 bridgehead atoms. The Morgan fingerprint density at radius 1 is 1.41 bits per heavy atom. The molecule has 1 fully saturated rings. The first-order chi connectivity index (χ1) is 10.3. The van der Waals surface area contributed by atoms with Crippen molar-refractivity contribution < 1.29 is 14.3 Å². The Bertz CT molecular complexity index is 522. The number of amides is 1. The number of aromatic nitrogens is 1. The molecule has 1 atom stereocenters. The van der Waals surface area contributed by atoms with Crippen LogP contribution in [0.25, 0.3) is 0 Å². The number of nitrogens with zero attached hydrogens (tertiary/aromatic N) is 2. The normalized spacial score (nSPS) is 18.9. The number of hydrogen-bond acceptors (Lipinski definition) is 4. The number of piperidine rings is 1. The lowest BCUT2D eigenvalue weighted by Gasteiger charge is -2.33. The fourth-order valence-corrected chi connectivity index (χ4v) is 2.58. The van der Waals surface area contributed by atoms with E-state index in [1.54, 1.807) is 17.3 Å². The number of hydrogen-bond donors (Lipinski definition) is 0. The van der Waals surface area contributed by atoms with E-state index in [0.717, 1.165) is 18.4 Å². The number of ether oxygens (including phenoxy) is 1. The molecule has 22 heavy (non-hydrogen) atoms. The maximum atomic E-state index is 12.4. The molecule has 5 heteroatoms. The van der Waals surface area contributed by atoms with Crippen molar-refractivity contribution in [2.45, 2.75) is 45.6 Å². The van der Waals surface area contributed by atoms with Crippen molar-refractivity contribution in [3.05, 3.63) is 30.1 Å². The van der Waals surface area contributed by atoms with Crippen molar-refractivity contribution in [1.29, 1.82) is 0 Å². The third-order valence-corrected chi connectivity index (χ3v) is 3.63. The molecule has 0 radical (unpaired) electrons. The SMILES string of the molecule is CC(C)(C)OC(=O)N1CCCC(C(=O)Cc2cccnc2)C1. The molecule has 1 amide bonds. The summed E-state index contributed by atoms with van der Waals surface area (Å²) in [6, 6.07) is 3.73. The van der Waals surface area contributed by atoms with Crippen LogP contribution in [0.15, 0.2) is 24.5 Å². The van der Waals surface area contributed by atoms with Gasteiger partial charge in [0, 0.05) is 37.8 Å². The molecule has 0 N–H and O–H groups in total. The average molecular weight is 304 g/mol. The third kappa shape index (κ3) is 4.83. The lowest BCUT2D eigenvalue weighted by molar-refractivity contribution is -0.123. The monoisotopic (exact) mass is 304 g/mol. The van der Waals surface area contributed by atoms with E-state index >= 15 is 0 Å². The summed E-state index contributed by atoms with van der Waals surface area (Å²) < 4.78 is 5.39. The highest BCUT2D eigenvalue weighted by atomic mass is 16.6. The average Bonchev–Trinajstić information content (AvgIpc) is 2.46. The van der Waals surface area contributed by atoms with Crippen LogP contribution < -0.4 is 0 Å². The van der Waals surface area contributed by atoms with Gasteiger partial charge in [0.25, 0.3) is 0 Å². The summed E-state index contributed by atoms with van der Waals surface area (Å²) in [4.78, 5) is 30.2. The van der Waals surface area contributed by atoms with Gasteiger partial charge in [-0.15, -0.1) is 0 Å². The maximum Gasteiger partial charge on any atom is 0.410 e. The summed E-state index contributed by atoms with van der Waals surface area (Å²) in [5.74, 6) is 0.0581. The summed E-state index contributed by atoms with van der Waals surface area (Å²) in [5, 5.41) is 0. The maximum absolute atomic E-state index is 12.4. The first-order valence-corrected chi connectivity index (χ1v) is 7.75. The second-order valence-electron chi connectivity index (χ2n) is 6.77. The van der Waals surface area contributed by atoms with Gasteiger partial charge in [-0.3, -0.25) is 9.78 Å². The van der Waals surface area contributed by atoms with E-state index in [1.165, 1.54) is 0 Å². The van der Waals surface area contributed by atoms with Crippen LogP contribution in [0.5, 0.6) is 0 Å². The number of pyridine rings is 1. The Morgan fingerprint density at radius 2 is 2.18 bits per heavy atom. The summed E-state index contributed by atoms with van der Waals surface area (Å²) in [5.41, 5.74) is 0.408. The largest absolute Gasteiger partial charge is 0.444 e. The highest BCUT2D eigenvalue weighted by molar-refractivity contribution is 5.84. The van der Waals surface area contributed by atoms with Crippen molar-refractivity contribution in [3.8, 4) is 0 Å². The Labute approximate surface area is 131 Å². The van der Waals surface area contributed by atoms with Crippen LogP contribution in [0.4, 0.5) is 4.79 Å². The number of Topliss-reactive ketones (excluding diaryl/α,β-unsaturated/α-hetero) is 1. The summed E-state index contributed by atoms with van der Waals surface area (Å²) in [6.45, 7) is 6.65. The van der Waals surface area contributed by atoms with Gasteiger partial charge in [0.15, 0.2) is 0 Å². The Balaban J connectivity index is 1.92. The molecule has 1 saturated heterocycles. The van der Waals surface area contributed by atoms with E-state index in [2.05, 4.69) is 4.98 Å². The molecule has 0 aromatic carbocycles. The Morgan fingerprint density at radius 3 is 2.82 bits per heavy atom. The number of ketones is 1. The van der Waals surface area contributed by atoms with Gasteiger partial charge in [0.05, 0.1) is 0 Å². The van der Waals surface area contributed by atoms with Gasteiger partial charge < -0.3 is 9.64 Å². The summed E-state index contributed by atoms with van der Waals surface area (Å²) in [6.07, 6.45) is 5.12. The van der Waals surface area contributed by atoms with Crippen LogP contribution in [-0.2, 0) is 16.0 Å². The smallest absolute Gasteiger partial charge is 0.410 e. The molecule has 1 aliphatic heterocycles. The van der Waals surface area contributed by atoms with Crippen molar-refractivity contribution in [3.63, 3.8) is 0 Å². The van der Waals surface area contributed by atoms with Crippen LogP contribution in [0.1, 0.15) is 39.2 Å². The molecule has 1 unspecified atom stereocenters. The lowest BCUT2D eigenvalue weighted by atomic mass is 9.91. The minimum atomic E-state index is -0.510. The molecular weight excluding hydrogens is 280 g/mol. The minimum absolute atomic E-state index is 0.110. The Kier molecular flexibility index (Phi) is 5.16. The lowest BCUT2D eigenvalue weighted by Crippen LogP contribution is -2.44. The number of carbonyl (C=O) groups is 2. The highest BCUT2D eigenvalue weighted by Gasteiger charge is 2.30. The van der Waals surface area contributed by atoms with Crippen LogP contribution in [0, 0.1) is 5.92 Å². The first-order valence-electron chi connectivity index (χ1n) is 7.75. The van der Waals surface area contributed by atoms with E-state index in [9.17, 15) is 9.59 Å². The predicted octanol–water partition coefficient (Wildman–Crippen LogP) is 2.84. The van der Waals surface area contributed by atoms with Gasteiger partial charge in [-0.25, -0.2) is 4.79 Å². The zero-order valence-electron chi connectivity index (χ0n) is 13.5. The molecule has 120 valence electrons. The molecule has 0 saturated carbocycles. The Hall–Kier alpha value is -1.91. The van der Waals surface area contributed by atoms with Crippen molar-refractivity contribution in [2.75, 3.05) is 13.1 Å². The first kappa shape index (κ1) is 16.5. The predicted molar refractivity (Wildman–Crippen MR) is 83.5 cm³/mol. The molecule has 2 heterocycles. The van der Waals surface area contributed by atoms with Crippen LogP contribution in [0.2, 0.25) is 0 Å². The van der Waals surface area contributed by atoms with Gasteiger partial charge in [0.2, 0.25) is 0 Å². The van der Waals surface area contributed by atoms with Crippen molar-refractivity contribution in [1.82, 2.24) is 9.88 Å². The van der Waals surface area contributed by atoms with Crippen molar-refractivity contribution in [2.24, 2.45) is 5.92 Å². The molecular formula is C17H24N2O3. The second kappa shape index (κ2) is 6.90. The van der Waals surface area contributed by atoms with Crippen LogP contribution >= 0.6 is 0 Å². The van der Waals surface area contributed by atoms with E-state index < -0.39 is 5.60 Å². The molecule has 1 aromatic rings. The summed E-state index contributed by atoms with van der Waals surface area (Å²) in [7, 11) is 0. The van der Waals surface area contributed by atoms with E-state index in [-0.39, 0.29) is 17.8 Å². The second-order valence-corrected chi connectivity index (χ2v) is 6.77. The zero-order valence-corrected chi connectivity index (χ0v) is 13.5. The quantitative estimate of drug-likeness (QED) is 0.861. The van der Waals surface area contributed by atoms with Crippen LogP contribution in [0.3, 0.4) is 0 Å². The highest BCUT2D eigenvalue weighted by Crippen LogP contribution is 2.21.